The van der Waals surface area contributed by atoms with Crippen molar-refractivity contribution in [3.8, 4) is 11.1 Å². The number of benzene rings is 1. The highest BCUT2D eigenvalue weighted by Gasteiger charge is 2.43. The van der Waals surface area contributed by atoms with Gasteiger partial charge in [0.15, 0.2) is 8.32 Å². The van der Waals surface area contributed by atoms with Gasteiger partial charge in [-0.2, -0.15) is 0 Å². The van der Waals surface area contributed by atoms with Gasteiger partial charge in [0.1, 0.15) is 17.2 Å². The summed E-state index contributed by atoms with van der Waals surface area (Å²) in [7, 11) is -0.266. The molecule has 45 heavy (non-hydrogen) atoms. The third kappa shape index (κ3) is 7.49. The van der Waals surface area contributed by atoms with E-state index in [1.807, 2.05) is 39.5 Å². The molecule has 0 spiro atoms. The van der Waals surface area contributed by atoms with Crippen LogP contribution in [0.4, 0.5) is 4.79 Å². The fourth-order valence-corrected chi connectivity index (χ4v) is 6.98. The summed E-state index contributed by atoms with van der Waals surface area (Å²) in [6.07, 6.45) is 2.20. The predicted octanol–water partition coefficient (Wildman–Crippen LogP) is 9.15. The summed E-state index contributed by atoms with van der Waals surface area (Å²) in [6.45, 7) is 27.6. The van der Waals surface area contributed by atoms with Crippen molar-refractivity contribution >= 4 is 25.4 Å². The van der Waals surface area contributed by atoms with Crippen LogP contribution in [-0.4, -0.2) is 65.0 Å². The molecule has 3 aromatic rings. The first-order valence-electron chi connectivity index (χ1n) is 16.3. The second-order valence-electron chi connectivity index (χ2n) is 16.2. The lowest BCUT2D eigenvalue weighted by Crippen LogP contribution is -2.51. The maximum atomic E-state index is 14.1. The number of nitrogens with zero attached hydrogens (tertiary/aromatic N) is 4. The molecule has 9 nitrogen and oxygen atoms in total. The number of carbonyl (C=O) groups is 1. The summed E-state index contributed by atoms with van der Waals surface area (Å²) in [6, 6.07) is 6.19. The molecule has 0 bridgehead atoms. The van der Waals surface area contributed by atoms with Crippen molar-refractivity contribution in [2.24, 2.45) is 0 Å². The summed E-state index contributed by atoms with van der Waals surface area (Å²) in [4.78, 5) is 21.3. The first-order chi connectivity index (χ1) is 20.6. The zero-order chi connectivity index (χ0) is 33.7. The molecule has 1 aliphatic carbocycles. The van der Waals surface area contributed by atoms with Gasteiger partial charge < -0.3 is 23.0 Å². The van der Waals surface area contributed by atoms with Crippen LogP contribution in [-0.2, 0) is 13.9 Å². The molecule has 2 aromatic heterocycles. The lowest BCUT2D eigenvalue weighted by Gasteiger charge is -2.44. The van der Waals surface area contributed by atoms with Gasteiger partial charge in [-0.1, -0.05) is 32.0 Å². The molecular weight excluding hydrogens is 584 g/mol. The van der Waals surface area contributed by atoms with Gasteiger partial charge in [0.05, 0.1) is 28.9 Å². The molecular formula is C35H56N4O5Si. The quantitative estimate of drug-likeness (QED) is 0.215. The predicted molar refractivity (Wildman–Crippen MR) is 182 cm³/mol. The van der Waals surface area contributed by atoms with Gasteiger partial charge in [-0.25, -0.2) is 9.78 Å². The van der Waals surface area contributed by atoms with Gasteiger partial charge in [-0.15, -0.1) is 0 Å². The van der Waals surface area contributed by atoms with Crippen LogP contribution in [0.1, 0.15) is 111 Å². The van der Waals surface area contributed by atoms with Gasteiger partial charge in [0.2, 0.25) is 0 Å². The first kappa shape index (κ1) is 35.2. The van der Waals surface area contributed by atoms with Crippen LogP contribution in [0, 0.1) is 13.8 Å². The van der Waals surface area contributed by atoms with Crippen molar-refractivity contribution in [2.75, 3.05) is 13.7 Å². The molecule has 10 heteroatoms. The van der Waals surface area contributed by atoms with Gasteiger partial charge >= 0.3 is 6.09 Å². The van der Waals surface area contributed by atoms with Crippen molar-refractivity contribution in [1.82, 2.24) is 19.6 Å². The Kier molecular flexibility index (Phi) is 9.76. The Labute approximate surface area is 271 Å². The highest BCUT2D eigenvalue weighted by atomic mass is 28.4. The van der Waals surface area contributed by atoms with Crippen LogP contribution < -0.4 is 0 Å². The molecule has 0 saturated heterocycles. The van der Waals surface area contributed by atoms with E-state index in [-0.39, 0.29) is 29.3 Å². The molecule has 1 aromatic carbocycles. The maximum Gasteiger partial charge on any atom is 0.411 e. The van der Waals surface area contributed by atoms with E-state index < -0.39 is 19.5 Å². The summed E-state index contributed by atoms with van der Waals surface area (Å²) < 4.78 is 26.3. The Morgan fingerprint density at radius 3 is 2.24 bits per heavy atom. The number of carbonyl (C=O) groups excluding carboxylic acids is 1. The third-order valence-electron chi connectivity index (χ3n) is 9.39. The smallest absolute Gasteiger partial charge is 0.411 e. The topological polar surface area (TPSA) is 91.9 Å². The van der Waals surface area contributed by atoms with E-state index >= 15 is 0 Å². The van der Waals surface area contributed by atoms with Gasteiger partial charge in [0, 0.05) is 30.9 Å². The second kappa shape index (κ2) is 12.5. The van der Waals surface area contributed by atoms with Crippen molar-refractivity contribution in [3.05, 3.63) is 35.5 Å². The number of hydrogen-bond donors (Lipinski definition) is 0. The summed E-state index contributed by atoms with van der Waals surface area (Å²) in [5, 5.41) is 4.25. The van der Waals surface area contributed by atoms with E-state index in [1.165, 1.54) is 0 Å². The number of aryl methyl sites for hydroxylation is 2. The van der Waals surface area contributed by atoms with E-state index in [0.29, 0.717) is 13.0 Å². The van der Waals surface area contributed by atoms with E-state index in [2.05, 4.69) is 82.6 Å². The number of methoxy groups -OCH3 is 1. The molecule has 1 fully saturated rings. The summed E-state index contributed by atoms with van der Waals surface area (Å²) in [5.41, 5.74) is 3.55. The van der Waals surface area contributed by atoms with Crippen molar-refractivity contribution in [2.45, 2.75) is 143 Å². The number of amides is 1. The molecule has 2 heterocycles. The van der Waals surface area contributed by atoms with Crippen LogP contribution in [0.5, 0.6) is 0 Å². The fraction of sp³-hybridized carbons (Fsp3) is 0.686. The zero-order valence-corrected chi connectivity index (χ0v) is 31.1. The fourth-order valence-electron chi connectivity index (χ4n) is 5.92. The number of fused-ring (bicyclic) bond motifs is 1. The molecule has 0 aliphatic heterocycles. The minimum absolute atomic E-state index is 0.0697. The molecule has 1 atom stereocenters. The Hall–Kier alpha value is -2.69. The van der Waals surface area contributed by atoms with Crippen molar-refractivity contribution < 1.29 is 23.2 Å². The Balaban J connectivity index is 1.89. The summed E-state index contributed by atoms with van der Waals surface area (Å²) >= 11 is 0. The number of ether oxygens (including phenoxy) is 2. The van der Waals surface area contributed by atoms with Crippen LogP contribution >= 0.6 is 0 Å². The molecule has 0 unspecified atom stereocenters. The highest BCUT2D eigenvalue weighted by molar-refractivity contribution is 6.74. The number of rotatable bonds is 9. The molecule has 1 amide bonds. The Bertz CT molecular complexity index is 1480. The SMILES string of the molecule is COC1CC(n2c([C@H](CCO[Si](C)(C)C(C)(C)C)N(C(=O)OC(C)(C)C)C(C)(C)C)nc3cc(-c4c(C)noc4C)ccc32)C1. The molecule has 1 saturated carbocycles. The normalized spacial score (nSPS) is 18.6. The number of hydrogen-bond acceptors (Lipinski definition) is 7. The van der Waals surface area contributed by atoms with Gasteiger partial charge in [-0.3, -0.25) is 4.90 Å². The molecule has 1 aliphatic rings. The maximum absolute atomic E-state index is 14.1. The standard InChI is InChI=1S/C35H56N4O5Si/c1-22-30(23(2)44-37-22)24-15-16-28-27(19-24)36-31(38(28)25-20-26(21-25)41-12)29(17-18-42-45(13,14)35(9,10)11)39(33(3,4)5)32(40)43-34(6,7)8/h15-16,19,25-26,29H,17-18,20-21H2,1-14H3/t25?,26?,29-/m0/s1. The lowest BCUT2D eigenvalue weighted by atomic mass is 9.88. The number of aromatic nitrogens is 3. The highest BCUT2D eigenvalue weighted by Crippen LogP contribution is 2.43. The molecule has 4 rings (SSSR count). The van der Waals surface area contributed by atoms with E-state index in [4.69, 9.17) is 23.4 Å². The minimum Gasteiger partial charge on any atom is -0.444 e. The molecule has 250 valence electrons. The minimum atomic E-state index is -2.04. The average Bonchev–Trinajstić information content (AvgIpc) is 3.38. The van der Waals surface area contributed by atoms with Gasteiger partial charge in [0.25, 0.3) is 0 Å². The van der Waals surface area contributed by atoms with E-state index in [0.717, 1.165) is 52.3 Å². The van der Waals surface area contributed by atoms with Crippen molar-refractivity contribution in [1.29, 1.82) is 0 Å². The van der Waals surface area contributed by atoms with E-state index in [9.17, 15) is 4.79 Å². The van der Waals surface area contributed by atoms with Crippen LogP contribution in [0.3, 0.4) is 0 Å². The Morgan fingerprint density at radius 1 is 1.09 bits per heavy atom. The van der Waals surface area contributed by atoms with Crippen LogP contribution in [0.15, 0.2) is 22.7 Å². The average molecular weight is 641 g/mol. The monoisotopic (exact) mass is 640 g/mol. The molecule has 0 N–H and O–H groups in total. The summed E-state index contributed by atoms with van der Waals surface area (Å²) in [5.74, 6) is 1.62. The second-order valence-corrected chi connectivity index (χ2v) is 21.0. The third-order valence-corrected chi connectivity index (χ3v) is 13.9. The lowest BCUT2D eigenvalue weighted by molar-refractivity contribution is -0.0168. The largest absolute Gasteiger partial charge is 0.444 e. The first-order valence-corrected chi connectivity index (χ1v) is 19.2. The van der Waals surface area contributed by atoms with Crippen LogP contribution in [0.25, 0.3) is 22.2 Å². The van der Waals surface area contributed by atoms with Crippen molar-refractivity contribution in [3.63, 3.8) is 0 Å². The zero-order valence-electron chi connectivity index (χ0n) is 30.1. The number of imidazole rings is 1. The van der Waals surface area contributed by atoms with Gasteiger partial charge in [-0.05, 0) is 110 Å². The van der Waals surface area contributed by atoms with E-state index in [1.54, 1.807) is 7.11 Å². The Morgan fingerprint density at radius 2 is 1.73 bits per heavy atom. The van der Waals surface area contributed by atoms with Crippen LogP contribution in [0.2, 0.25) is 18.1 Å². The molecule has 0 radical (unpaired) electrons.